The van der Waals surface area contributed by atoms with E-state index in [1.54, 1.807) is 0 Å². The number of hydrogen-bond acceptors (Lipinski definition) is 6. The summed E-state index contributed by atoms with van der Waals surface area (Å²) in [6.07, 6.45) is 3.21. The largest absolute Gasteiger partial charge is 0.445 e. The highest BCUT2D eigenvalue weighted by Gasteiger charge is 2.52. The zero-order valence-electron chi connectivity index (χ0n) is 12.9. The SMILES string of the molecule is N#CC1=C(N)OC2=C(CCCC2)C1(C#N)C(=N)N1CCOCC1. The van der Waals surface area contributed by atoms with Crippen molar-refractivity contribution in [2.24, 2.45) is 11.1 Å². The number of ether oxygens (including phenoxy) is 2. The van der Waals surface area contributed by atoms with E-state index < -0.39 is 5.41 Å². The van der Waals surface area contributed by atoms with Crippen molar-refractivity contribution in [3.05, 3.63) is 22.8 Å². The van der Waals surface area contributed by atoms with Crippen molar-refractivity contribution in [1.29, 1.82) is 15.9 Å². The number of morpholine rings is 1. The summed E-state index contributed by atoms with van der Waals surface area (Å²) in [5.41, 5.74) is 5.27. The molecule has 1 unspecified atom stereocenters. The van der Waals surface area contributed by atoms with E-state index in [4.69, 9.17) is 20.6 Å². The fourth-order valence-electron chi connectivity index (χ4n) is 3.51. The normalized spacial score (nSPS) is 27.7. The van der Waals surface area contributed by atoms with Gasteiger partial charge < -0.3 is 20.1 Å². The molecule has 7 nitrogen and oxygen atoms in total. The molecule has 3 N–H and O–H groups in total. The quantitative estimate of drug-likeness (QED) is 0.557. The Kier molecular flexibility index (Phi) is 3.97. The first-order chi connectivity index (χ1) is 11.1. The van der Waals surface area contributed by atoms with Gasteiger partial charge in [-0.1, -0.05) is 0 Å². The number of amidine groups is 1. The van der Waals surface area contributed by atoms with Crippen LogP contribution in [0.4, 0.5) is 0 Å². The number of nitriles is 2. The third-order valence-electron chi connectivity index (χ3n) is 4.69. The number of nitrogens with two attached hydrogens (primary N) is 1. The van der Waals surface area contributed by atoms with Crippen LogP contribution in [0, 0.1) is 33.5 Å². The molecule has 3 rings (SSSR count). The van der Waals surface area contributed by atoms with Gasteiger partial charge in [0.2, 0.25) is 5.88 Å². The maximum Gasteiger partial charge on any atom is 0.206 e. The molecule has 0 saturated carbocycles. The molecule has 120 valence electrons. The van der Waals surface area contributed by atoms with Crippen molar-refractivity contribution in [3.8, 4) is 12.1 Å². The Labute approximate surface area is 135 Å². The van der Waals surface area contributed by atoms with Crippen LogP contribution in [0.5, 0.6) is 0 Å². The second-order valence-electron chi connectivity index (χ2n) is 5.87. The number of rotatable bonds is 1. The van der Waals surface area contributed by atoms with Crippen LogP contribution >= 0.6 is 0 Å². The van der Waals surface area contributed by atoms with Crippen molar-refractivity contribution in [2.75, 3.05) is 26.3 Å². The van der Waals surface area contributed by atoms with Gasteiger partial charge in [0, 0.05) is 25.1 Å². The molecule has 0 aromatic carbocycles. The van der Waals surface area contributed by atoms with E-state index in [-0.39, 0.29) is 17.3 Å². The molecular formula is C16H19N5O2. The molecule has 0 spiro atoms. The van der Waals surface area contributed by atoms with Gasteiger partial charge in [0.15, 0.2) is 5.41 Å². The van der Waals surface area contributed by atoms with Gasteiger partial charge in [0.25, 0.3) is 0 Å². The third-order valence-corrected chi connectivity index (χ3v) is 4.69. The average Bonchev–Trinajstić information content (AvgIpc) is 2.60. The topological polar surface area (TPSA) is 119 Å². The molecule has 2 aliphatic heterocycles. The smallest absolute Gasteiger partial charge is 0.206 e. The van der Waals surface area contributed by atoms with Crippen molar-refractivity contribution in [1.82, 2.24) is 4.90 Å². The zero-order chi connectivity index (χ0) is 16.4. The number of nitrogens with zero attached hydrogens (tertiary/aromatic N) is 3. The molecule has 2 heterocycles. The lowest BCUT2D eigenvalue weighted by Crippen LogP contribution is -2.51. The molecule has 0 aromatic rings. The minimum absolute atomic E-state index is 0.0390. The fraction of sp³-hybridized carbons (Fsp3) is 0.562. The first-order valence-corrected chi connectivity index (χ1v) is 7.78. The molecule has 3 aliphatic rings. The van der Waals surface area contributed by atoms with Crippen molar-refractivity contribution < 1.29 is 9.47 Å². The van der Waals surface area contributed by atoms with Gasteiger partial charge in [0.05, 0.1) is 19.3 Å². The molecule has 1 atom stereocenters. The monoisotopic (exact) mass is 313 g/mol. The second kappa shape index (κ2) is 5.94. The van der Waals surface area contributed by atoms with E-state index in [1.165, 1.54) is 0 Å². The van der Waals surface area contributed by atoms with Gasteiger partial charge in [-0.3, -0.25) is 5.41 Å². The lowest BCUT2D eigenvalue weighted by molar-refractivity contribution is 0.0650. The lowest BCUT2D eigenvalue weighted by atomic mass is 9.68. The Morgan fingerprint density at radius 2 is 1.91 bits per heavy atom. The summed E-state index contributed by atoms with van der Waals surface area (Å²) < 4.78 is 10.9. The van der Waals surface area contributed by atoms with Crippen LogP contribution in [0.3, 0.4) is 0 Å². The van der Waals surface area contributed by atoms with Gasteiger partial charge in [-0.25, -0.2) is 0 Å². The Balaban J connectivity index is 2.13. The average molecular weight is 313 g/mol. The third kappa shape index (κ3) is 2.25. The molecule has 1 saturated heterocycles. The second-order valence-corrected chi connectivity index (χ2v) is 5.87. The predicted molar refractivity (Wildman–Crippen MR) is 81.6 cm³/mol. The Bertz CT molecular complexity index is 676. The Morgan fingerprint density at radius 3 is 2.57 bits per heavy atom. The molecule has 0 amide bonds. The van der Waals surface area contributed by atoms with E-state index >= 15 is 0 Å². The molecule has 0 aromatic heterocycles. The van der Waals surface area contributed by atoms with E-state index in [2.05, 4.69) is 6.07 Å². The first-order valence-electron chi connectivity index (χ1n) is 7.78. The molecule has 0 bridgehead atoms. The summed E-state index contributed by atoms with van der Waals surface area (Å²) in [6, 6.07) is 4.26. The maximum absolute atomic E-state index is 10.0. The van der Waals surface area contributed by atoms with Crippen LogP contribution in [0.25, 0.3) is 0 Å². The predicted octanol–water partition coefficient (Wildman–Crippen LogP) is 1.36. The minimum Gasteiger partial charge on any atom is -0.445 e. The summed E-state index contributed by atoms with van der Waals surface area (Å²) >= 11 is 0. The van der Waals surface area contributed by atoms with Gasteiger partial charge >= 0.3 is 0 Å². The van der Waals surface area contributed by atoms with Crippen molar-refractivity contribution in [3.63, 3.8) is 0 Å². The van der Waals surface area contributed by atoms with Gasteiger partial charge in [-0.15, -0.1) is 0 Å². The summed E-state index contributed by atoms with van der Waals surface area (Å²) in [4.78, 5) is 1.81. The van der Waals surface area contributed by atoms with Crippen LogP contribution in [-0.4, -0.2) is 37.0 Å². The van der Waals surface area contributed by atoms with Gasteiger partial charge in [-0.05, 0) is 19.3 Å². The van der Waals surface area contributed by atoms with E-state index in [1.807, 2.05) is 11.0 Å². The molecule has 1 aliphatic carbocycles. The van der Waals surface area contributed by atoms with E-state index in [0.29, 0.717) is 44.9 Å². The zero-order valence-corrected chi connectivity index (χ0v) is 12.9. The summed E-state index contributed by atoms with van der Waals surface area (Å²) in [5.74, 6) is 0.723. The van der Waals surface area contributed by atoms with Gasteiger partial charge in [-0.2, -0.15) is 10.5 Å². The van der Waals surface area contributed by atoms with Crippen LogP contribution in [0.15, 0.2) is 22.8 Å². The highest BCUT2D eigenvalue weighted by molar-refractivity contribution is 5.96. The molecule has 23 heavy (non-hydrogen) atoms. The lowest BCUT2D eigenvalue weighted by Gasteiger charge is -2.41. The van der Waals surface area contributed by atoms with Crippen LogP contribution in [0.1, 0.15) is 25.7 Å². The van der Waals surface area contributed by atoms with Crippen LogP contribution < -0.4 is 5.73 Å². The first kappa shape index (κ1) is 15.4. The Hall–Kier alpha value is -2.51. The maximum atomic E-state index is 10.0. The minimum atomic E-state index is -1.43. The number of allylic oxidation sites excluding steroid dienone is 1. The highest BCUT2D eigenvalue weighted by Crippen LogP contribution is 2.48. The number of nitrogens with one attached hydrogen (secondary N) is 1. The standard InChI is InChI=1S/C16H19N5O2/c17-9-12-14(19)23-13-4-2-1-3-11(13)16(12,10-18)15(20)21-5-7-22-8-6-21/h20H,1-8,19H2. The van der Waals surface area contributed by atoms with Crippen LogP contribution in [-0.2, 0) is 9.47 Å². The van der Waals surface area contributed by atoms with E-state index in [9.17, 15) is 10.5 Å². The highest BCUT2D eigenvalue weighted by atomic mass is 16.5. The van der Waals surface area contributed by atoms with E-state index in [0.717, 1.165) is 18.4 Å². The molecule has 7 heteroatoms. The van der Waals surface area contributed by atoms with Crippen molar-refractivity contribution in [2.45, 2.75) is 25.7 Å². The summed E-state index contributed by atoms with van der Waals surface area (Å²) in [7, 11) is 0. The molecule has 0 radical (unpaired) electrons. The van der Waals surface area contributed by atoms with Crippen molar-refractivity contribution >= 4 is 5.84 Å². The molecular weight excluding hydrogens is 294 g/mol. The number of hydrogen-bond donors (Lipinski definition) is 2. The summed E-state index contributed by atoms with van der Waals surface area (Å²) in [6.45, 7) is 2.08. The van der Waals surface area contributed by atoms with Crippen LogP contribution in [0.2, 0.25) is 0 Å². The summed E-state index contributed by atoms with van der Waals surface area (Å²) in [5, 5.41) is 28.3. The van der Waals surface area contributed by atoms with Gasteiger partial charge in [0.1, 0.15) is 23.2 Å². The fourth-order valence-corrected chi connectivity index (χ4v) is 3.51. The molecule has 1 fully saturated rings. The Morgan fingerprint density at radius 1 is 1.22 bits per heavy atom.